The average Bonchev–Trinajstić information content (AvgIpc) is 2.81. The first-order valence-corrected chi connectivity index (χ1v) is 6.14. The summed E-state index contributed by atoms with van der Waals surface area (Å²) in [4.78, 5) is 6.62. The first-order chi connectivity index (χ1) is 7.09. The molecule has 0 atom stereocenters. The molecule has 2 N–H and O–H groups in total. The minimum Gasteiger partial charge on any atom is -0.370 e. The fraction of sp³-hybridized carbons (Fsp3) is 0.917. The Morgan fingerprint density at radius 3 is 2.53 bits per heavy atom. The minimum absolute atomic E-state index is 0.471. The molecule has 2 rings (SSSR count). The molecular formula is C12H23N3. The van der Waals surface area contributed by atoms with Crippen LogP contribution in [-0.2, 0) is 0 Å². The molecule has 0 unspecified atom stereocenters. The molecule has 2 fully saturated rings. The Balaban J connectivity index is 1.72. The lowest BCUT2D eigenvalue weighted by Gasteiger charge is -2.32. The Hall–Kier alpha value is -0.730. The van der Waals surface area contributed by atoms with Gasteiger partial charge >= 0.3 is 0 Å². The zero-order chi connectivity index (χ0) is 10.9. The largest absolute Gasteiger partial charge is 0.370 e. The van der Waals surface area contributed by atoms with Gasteiger partial charge in [-0.25, -0.2) is 0 Å². The number of nitrogens with two attached hydrogens (primary N) is 1. The predicted molar refractivity (Wildman–Crippen MR) is 63.8 cm³/mol. The van der Waals surface area contributed by atoms with Gasteiger partial charge in [-0.15, -0.1) is 0 Å². The van der Waals surface area contributed by atoms with Gasteiger partial charge in [-0.05, 0) is 37.0 Å². The van der Waals surface area contributed by atoms with Crippen molar-refractivity contribution >= 4 is 5.96 Å². The van der Waals surface area contributed by atoms with E-state index in [1.165, 1.54) is 25.7 Å². The van der Waals surface area contributed by atoms with Crippen molar-refractivity contribution in [1.82, 2.24) is 4.90 Å². The van der Waals surface area contributed by atoms with E-state index in [0.29, 0.717) is 5.41 Å². The second kappa shape index (κ2) is 4.03. The molecule has 0 radical (unpaired) electrons. The third-order valence-electron chi connectivity index (χ3n) is 3.89. The van der Waals surface area contributed by atoms with Crippen LogP contribution in [0.15, 0.2) is 4.99 Å². The van der Waals surface area contributed by atoms with Crippen LogP contribution in [0.25, 0.3) is 0 Å². The van der Waals surface area contributed by atoms with Crippen LogP contribution in [0.2, 0.25) is 0 Å². The lowest BCUT2D eigenvalue weighted by molar-refractivity contribution is 0.282. The van der Waals surface area contributed by atoms with Gasteiger partial charge in [0.05, 0.1) is 0 Å². The van der Waals surface area contributed by atoms with Crippen LogP contribution in [0.4, 0.5) is 0 Å². The van der Waals surface area contributed by atoms with Crippen molar-refractivity contribution in [2.75, 3.05) is 19.6 Å². The van der Waals surface area contributed by atoms with Crippen molar-refractivity contribution < 1.29 is 0 Å². The van der Waals surface area contributed by atoms with Crippen molar-refractivity contribution in [3.05, 3.63) is 0 Å². The fourth-order valence-corrected chi connectivity index (χ4v) is 2.17. The van der Waals surface area contributed by atoms with Gasteiger partial charge in [0.1, 0.15) is 0 Å². The lowest BCUT2D eigenvalue weighted by Crippen LogP contribution is -2.46. The van der Waals surface area contributed by atoms with Gasteiger partial charge in [0.2, 0.25) is 0 Å². The average molecular weight is 209 g/mol. The molecule has 3 heteroatoms. The van der Waals surface area contributed by atoms with Crippen LogP contribution >= 0.6 is 0 Å². The molecule has 1 aliphatic carbocycles. The van der Waals surface area contributed by atoms with Gasteiger partial charge in [0.25, 0.3) is 0 Å². The maximum Gasteiger partial charge on any atom is 0.191 e. The molecule has 1 saturated carbocycles. The first kappa shape index (κ1) is 10.8. The third kappa shape index (κ3) is 2.64. The molecule has 0 aromatic heterocycles. The SMILES string of the molecule is CC(C)(CCN=C(N)N1CCC1)C1CC1. The minimum atomic E-state index is 0.471. The number of rotatable bonds is 4. The number of nitrogens with zero attached hydrogens (tertiary/aromatic N) is 2. The third-order valence-corrected chi connectivity index (χ3v) is 3.89. The van der Waals surface area contributed by atoms with E-state index in [1.807, 2.05) is 0 Å². The second-order valence-corrected chi connectivity index (χ2v) is 5.59. The van der Waals surface area contributed by atoms with Crippen molar-refractivity contribution in [2.24, 2.45) is 22.1 Å². The number of hydrogen-bond donors (Lipinski definition) is 1. The number of hydrogen-bond acceptors (Lipinski definition) is 1. The first-order valence-electron chi connectivity index (χ1n) is 6.14. The smallest absolute Gasteiger partial charge is 0.191 e. The van der Waals surface area contributed by atoms with Gasteiger partial charge in [-0.3, -0.25) is 4.99 Å². The number of guanidine groups is 1. The highest BCUT2D eigenvalue weighted by atomic mass is 15.3. The summed E-state index contributed by atoms with van der Waals surface area (Å²) in [5.74, 6) is 1.70. The second-order valence-electron chi connectivity index (χ2n) is 5.59. The lowest BCUT2D eigenvalue weighted by atomic mass is 9.84. The standard InChI is InChI=1S/C12H23N3/c1-12(2,10-4-5-10)6-7-14-11(13)15-8-3-9-15/h10H,3-9H2,1-2H3,(H2,13,14). The molecule has 86 valence electrons. The Morgan fingerprint density at radius 2 is 2.07 bits per heavy atom. The van der Waals surface area contributed by atoms with Crippen molar-refractivity contribution in [3.63, 3.8) is 0 Å². The number of aliphatic imine (C=N–C) groups is 1. The molecule has 0 aromatic carbocycles. The normalized spacial score (nSPS) is 22.8. The summed E-state index contributed by atoms with van der Waals surface area (Å²) >= 11 is 0. The Morgan fingerprint density at radius 1 is 1.40 bits per heavy atom. The van der Waals surface area contributed by atoms with Crippen LogP contribution < -0.4 is 5.73 Å². The molecule has 0 bridgehead atoms. The van der Waals surface area contributed by atoms with E-state index < -0.39 is 0 Å². The van der Waals surface area contributed by atoms with Gasteiger partial charge in [-0.1, -0.05) is 13.8 Å². The Labute approximate surface area is 92.7 Å². The van der Waals surface area contributed by atoms with E-state index in [0.717, 1.165) is 31.5 Å². The molecule has 0 amide bonds. The van der Waals surface area contributed by atoms with Crippen LogP contribution in [-0.4, -0.2) is 30.5 Å². The van der Waals surface area contributed by atoms with Gasteiger partial charge in [-0.2, -0.15) is 0 Å². The summed E-state index contributed by atoms with van der Waals surface area (Å²) in [6.45, 7) is 7.81. The van der Waals surface area contributed by atoms with E-state index >= 15 is 0 Å². The van der Waals surface area contributed by atoms with Gasteiger partial charge in [0.15, 0.2) is 5.96 Å². The molecule has 15 heavy (non-hydrogen) atoms. The van der Waals surface area contributed by atoms with Crippen molar-refractivity contribution in [3.8, 4) is 0 Å². The van der Waals surface area contributed by atoms with E-state index in [2.05, 4.69) is 23.7 Å². The molecule has 3 nitrogen and oxygen atoms in total. The summed E-state index contributed by atoms with van der Waals surface area (Å²) in [6, 6.07) is 0. The van der Waals surface area contributed by atoms with E-state index in [4.69, 9.17) is 5.73 Å². The predicted octanol–water partition coefficient (Wildman–Crippen LogP) is 1.83. The highest BCUT2D eigenvalue weighted by molar-refractivity contribution is 5.78. The van der Waals surface area contributed by atoms with Crippen LogP contribution in [0.5, 0.6) is 0 Å². The van der Waals surface area contributed by atoms with E-state index in [-0.39, 0.29) is 0 Å². The van der Waals surface area contributed by atoms with Crippen molar-refractivity contribution in [1.29, 1.82) is 0 Å². The monoisotopic (exact) mass is 209 g/mol. The molecule has 1 saturated heterocycles. The Kier molecular flexibility index (Phi) is 2.89. The Bertz CT molecular complexity index is 250. The quantitative estimate of drug-likeness (QED) is 0.567. The van der Waals surface area contributed by atoms with Gasteiger partial charge in [0, 0.05) is 19.6 Å². The molecule has 1 heterocycles. The van der Waals surface area contributed by atoms with Crippen LogP contribution in [0.1, 0.15) is 39.5 Å². The summed E-state index contributed by atoms with van der Waals surface area (Å²) in [6.07, 6.45) is 5.27. The maximum absolute atomic E-state index is 5.88. The highest BCUT2D eigenvalue weighted by Crippen LogP contribution is 2.47. The summed E-state index contributed by atoms with van der Waals surface area (Å²) in [5, 5.41) is 0. The van der Waals surface area contributed by atoms with Gasteiger partial charge < -0.3 is 10.6 Å². The highest BCUT2D eigenvalue weighted by Gasteiger charge is 2.36. The van der Waals surface area contributed by atoms with Crippen LogP contribution in [0.3, 0.4) is 0 Å². The number of likely N-dealkylation sites (tertiary alicyclic amines) is 1. The summed E-state index contributed by atoms with van der Waals surface area (Å²) in [5.41, 5.74) is 6.35. The zero-order valence-electron chi connectivity index (χ0n) is 10.00. The molecule has 1 aliphatic heterocycles. The molecular weight excluding hydrogens is 186 g/mol. The topological polar surface area (TPSA) is 41.6 Å². The van der Waals surface area contributed by atoms with Crippen molar-refractivity contribution in [2.45, 2.75) is 39.5 Å². The summed E-state index contributed by atoms with van der Waals surface area (Å²) < 4.78 is 0. The molecule has 0 spiro atoms. The molecule has 2 aliphatic rings. The van der Waals surface area contributed by atoms with E-state index in [9.17, 15) is 0 Å². The molecule has 0 aromatic rings. The zero-order valence-corrected chi connectivity index (χ0v) is 10.00. The van der Waals surface area contributed by atoms with Crippen LogP contribution in [0, 0.1) is 11.3 Å². The maximum atomic E-state index is 5.88. The fourth-order valence-electron chi connectivity index (χ4n) is 2.17. The summed E-state index contributed by atoms with van der Waals surface area (Å²) in [7, 11) is 0. The van der Waals surface area contributed by atoms with E-state index in [1.54, 1.807) is 0 Å².